The number of alkyl halides is 3. The number of sulfone groups is 1. The van der Waals surface area contributed by atoms with Crippen LogP contribution in [-0.4, -0.2) is 55.6 Å². The van der Waals surface area contributed by atoms with E-state index in [4.69, 9.17) is 0 Å². The maximum absolute atomic E-state index is 13.6. The number of hydrogen-bond donors (Lipinski definition) is 0. The summed E-state index contributed by atoms with van der Waals surface area (Å²) < 4.78 is 67.1. The van der Waals surface area contributed by atoms with Crippen molar-refractivity contribution in [3.8, 4) is 17.2 Å². The fourth-order valence-electron chi connectivity index (χ4n) is 2.51. The monoisotopic (exact) mass is 442 g/mol. The molecule has 0 bridgehead atoms. The molecule has 0 aliphatic carbocycles. The summed E-state index contributed by atoms with van der Waals surface area (Å²) in [6.45, 7) is 0.924. The minimum Gasteiger partial charge on any atom is -0.293 e. The zero-order valence-electron chi connectivity index (χ0n) is 15.9. The van der Waals surface area contributed by atoms with E-state index in [0.29, 0.717) is 11.5 Å². The molecule has 0 aliphatic heterocycles. The highest BCUT2D eigenvalue weighted by Crippen LogP contribution is 2.26. The van der Waals surface area contributed by atoms with Gasteiger partial charge in [-0.2, -0.15) is 5.10 Å². The zero-order valence-corrected chi connectivity index (χ0v) is 16.7. The number of halogens is 3. The van der Waals surface area contributed by atoms with Crippen LogP contribution < -0.4 is 5.56 Å². The predicted octanol–water partition coefficient (Wildman–Crippen LogP) is 1.67. The average molecular weight is 442 g/mol. The molecule has 3 heterocycles. The summed E-state index contributed by atoms with van der Waals surface area (Å²) in [6.07, 6.45) is 0.932. The van der Waals surface area contributed by atoms with E-state index in [9.17, 15) is 26.4 Å². The van der Waals surface area contributed by atoms with Gasteiger partial charge in [-0.15, -0.1) is 0 Å². The smallest absolute Gasteiger partial charge is 0.293 e. The van der Waals surface area contributed by atoms with Crippen LogP contribution in [0.25, 0.3) is 17.2 Å². The Kier molecular flexibility index (Phi) is 5.74. The zero-order chi connectivity index (χ0) is 22.1. The van der Waals surface area contributed by atoms with Gasteiger partial charge in [-0.1, -0.05) is 6.92 Å². The fraction of sp³-hybridized carbons (Fsp3) is 0.353. The molecule has 0 fully saturated rings. The summed E-state index contributed by atoms with van der Waals surface area (Å²) in [5, 5.41) is 3.91. The number of pyridine rings is 1. The molecule has 160 valence electrons. The van der Waals surface area contributed by atoms with Crippen molar-refractivity contribution in [3.63, 3.8) is 0 Å². The van der Waals surface area contributed by atoms with Crippen LogP contribution in [-0.2, 0) is 16.4 Å². The number of aromatic nitrogens is 6. The molecule has 0 N–H and O–H groups in total. The molecule has 13 heteroatoms. The van der Waals surface area contributed by atoms with Crippen LogP contribution in [0, 0.1) is 0 Å². The molecule has 0 aromatic carbocycles. The molecule has 0 amide bonds. The van der Waals surface area contributed by atoms with Crippen molar-refractivity contribution in [1.29, 1.82) is 0 Å². The van der Waals surface area contributed by atoms with E-state index in [2.05, 4.69) is 20.1 Å². The quantitative estimate of drug-likeness (QED) is 0.547. The van der Waals surface area contributed by atoms with Crippen molar-refractivity contribution in [1.82, 2.24) is 29.3 Å². The molecule has 1 atom stereocenters. The molecule has 0 radical (unpaired) electrons. The highest BCUT2D eigenvalue weighted by Gasteiger charge is 2.37. The standard InChI is InChI=1S/C17H17F3N6O3S/c1-3-30(28,29)13-4-5-14(26-9-21-8-23-26)24-16(13)12-6-15(27)25(10-22-12)7-17(19,20)11(2)18/h4-6,8-11H,3,7H2,1-2H3. The highest BCUT2D eigenvalue weighted by molar-refractivity contribution is 7.91. The lowest BCUT2D eigenvalue weighted by atomic mass is 10.2. The summed E-state index contributed by atoms with van der Waals surface area (Å²) in [6, 6.07) is 3.58. The third kappa shape index (κ3) is 4.25. The molecule has 9 nitrogen and oxygen atoms in total. The molecular formula is C17H17F3N6O3S. The normalized spacial score (nSPS) is 13.4. The van der Waals surface area contributed by atoms with Crippen LogP contribution in [0.1, 0.15) is 13.8 Å². The number of rotatable bonds is 7. The van der Waals surface area contributed by atoms with Crippen LogP contribution in [0.2, 0.25) is 0 Å². The molecule has 0 spiro atoms. The second kappa shape index (κ2) is 7.97. The van der Waals surface area contributed by atoms with E-state index >= 15 is 0 Å². The molecule has 0 saturated heterocycles. The van der Waals surface area contributed by atoms with Crippen molar-refractivity contribution in [3.05, 3.63) is 47.5 Å². The van der Waals surface area contributed by atoms with Gasteiger partial charge in [-0.25, -0.2) is 41.2 Å². The Labute approximate surface area is 169 Å². The van der Waals surface area contributed by atoms with Gasteiger partial charge in [0, 0.05) is 6.07 Å². The van der Waals surface area contributed by atoms with Gasteiger partial charge in [0.25, 0.3) is 11.5 Å². The third-order valence-corrected chi connectivity index (χ3v) is 6.06. The minimum absolute atomic E-state index is 0.137. The first kappa shape index (κ1) is 21.6. The predicted molar refractivity (Wildman–Crippen MR) is 99.9 cm³/mol. The largest absolute Gasteiger partial charge is 0.295 e. The minimum atomic E-state index is -3.77. The van der Waals surface area contributed by atoms with Gasteiger partial charge in [0.15, 0.2) is 21.8 Å². The second-order valence-electron chi connectivity index (χ2n) is 6.38. The molecule has 0 saturated carbocycles. The molecule has 3 aromatic heterocycles. The van der Waals surface area contributed by atoms with Gasteiger partial charge in [-0.05, 0) is 19.1 Å². The Morgan fingerprint density at radius 1 is 1.23 bits per heavy atom. The lowest BCUT2D eigenvalue weighted by Gasteiger charge is -2.18. The van der Waals surface area contributed by atoms with Crippen LogP contribution in [0.4, 0.5) is 13.2 Å². The SMILES string of the molecule is CCS(=O)(=O)c1ccc(-n2cncn2)nc1-c1cc(=O)n(CC(F)(F)C(C)F)cn1. The van der Waals surface area contributed by atoms with Gasteiger partial charge in [0.2, 0.25) is 0 Å². The molecule has 30 heavy (non-hydrogen) atoms. The Morgan fingerprint density at radius 2 is 1.97 bits per heavy atom. The van der Waals surface area contributed by atoms with Crippen LogP contribution in [0.3, 0.4) is 0 Å². The van der Waals surface area contributed by atoms with Gasteiger partial charge < -0.3 is 0 Å². The van der Waals surface area contributed by atoms with Gasteiger partial charge in [0.1, 0.15) is 18.3 Å². The molecule has 1 unspecified atom stereocenters. The van der Waals surface area contributed by atoms with Gasteiger partial charge in [-0.3, -0.25) is 9.36 Å². The first-order chi connectivity index (χ1) is 14.0. The molecular weight excluding hydrogens is 425 g/mol. The lowest BCUT2D eigenvalue weighted by Crippen LogP contribution is -2.37. The summed E-state index contributed by atoms with van der Waals surface area (Å²) in [4.78, 5) is 24.1. The van der Waals surface area contributed by atoms with Crippen molar-refractivity contribution in [2.24, 2.45) is 0 Å². The van der Waals surface area contributed by atoms with E-state index in [0.717, 1.165) is 12.4 Å². The van der Waals surface area contributed by atoms with E-state index in [1.807, 2.05) is 0 Å². The fourth-order valence-corrected chi connectivity index (χ4v) is 3.54. The summed E-state index contributed by atoms with van der Waals surface area (Å²) in [7, 11) is -3.75. The molecule has 0 aliphatic rings. The third-order valence-electron chi connectivity index (χ3n) is 4.30. The van der Waals surface area contributed by atoms with Crippen molar-refractivity contribution >= 4 is 9.84 Å². The lowest BCUT2D eigenvalue weighted by molar-refractivity contribution is -0.0786. The average Bonchev–Trinajstić information content (AvgIpc) is 3.23. The second-order valence-corrected chi connectivity index (χ2v) is 8.62. The Hall–Kier alpha value is -3.09. The van der Waals surface area contributed by atoms with E-state index in [1.165, 1.54) is 36.4 Å². The van der Waals surface area contributed by atoms with Crippen LogP contribution >= 0.6 is 0 Å². The summed E-state index contributed by atoms with van der Waals surface area (Å²) in [5.74, 6) is -3.79. The number of hydrogen-bond acceptors (Lipinski definition) is 7. The first-order valence-electron chi connectivity index (χ1n) is 8.72. The van der Waals surface area contributed by atoms with E-state index in [1.54, 1.807) is 0 Å². The van der Waals surface area contributed by atoms with Gasteiger partial charge in [0.05, 0.1) is 29.2 Å². The van der Waals surface area contributed by atoms with Crippen LogP contribution in [0.5, 0.6) is 0 Å². The topological polar surface area (TPSA) is 113 Å². The van der Waals surface area contributed by atoms with Crippen molar-refractivity contribution in [2.45, 2.75) is 37.4 Å². The maximum atomic E-state index is 13.6. The van der Waals surface area contributed by atoms with Crippen molar-refractivity contribution < 1.29 is 21.6 Å². The number of nitrogens with zero attached hydrogens (tertiary/aromatic N) is 6. The van der Waals surface area contributed by atoms with Gasteiger partial charge >= 0.3 is 0 Å². The first-order valence-corrected chi connectivity index (χ1v) is 10.4. The maximum Gasteiger partial charge on any atom is 0.295 e. The summed E-state index contributed by atoms with van der Waals surface area (Å²) in [5.41, 5.74) is -1.19. The molecule has 3 rings (SSSR count). The molecule has 3 aromatic rings. The Balaban J connectivity index is 2.13. The van der Waals surface area contributed by atoms with E-state index in [-0.39, 0.29) is 27.9 Å². The van der Waals surface area contributed by atoms with Crippen molar-refractivity contribution in [2.75, 3.05) is 5.75 Å². The summed E-state index contributed by atoms with van der Waals surface area (Å²) >= 11 is 0. The Morgan fingerprint density at radius 3 is 2.53 bits per heavy atom. The van der Waals surface area contributed by atoms with Crippen LogP contribution in [0.15, 0.2) is 46.9 Å². The Bertz CT molecular complexity index is 1210. The van der Waals surface area contributed by atoms with E-state index < -0.39 is 34.0 Å². The highest BCUT2D eigenvalue weighted by atomic mass is 32.2.